The Morgan fingerprint density at radius 1 is 1.19 bits per heavy atom. The van der Waals surface area contributed by atoms with E-state index in [2.05, 4.69) is 25.4 Å². The summed E-state index contributed by atoms with van der Waals surface area (Å²) in [6, 6.07) is 1.69. The molecule has 0 aliphatic carbocycles. The van der Waals surface area contributed by atoms with Gasteiger partial charge in [-0.15, -0.1) is 12.4 Å². The number of H-pyrrole nitrogens is 1. The topological polar surface area (TPSA) is 77.2 Å². The number of pyridine rings is 1. The number of aromatic nitrogens is 3. The van der Waals surface area contributed by atoms with Crippen molar-refractivity contribution in [1.29, 1.82) is 0 Å². The van der Waals surface area contributed by atoms with E-state index in [0.29, 0.717) is 54.3 Å². The minimum absolute atomic E-state index is 0. The monoisotopic (exact) mass is 416 g/mol. The van der Waals surface area contributed by atoms with E-state index in [4.69, 9.17) is 23.2 Å². The first-order valence-corrected chi connectivity index (χ1v) is 9.01. The van der Waals surface area contributed by atoms with Gasteiger partial charge in [-0.1, -0.05) is 23.2 Å². The van der Waals surface area contributed by atoms with Gasteiger partial charge in [0.1, 0.15) is 5.82 Å². The number of nitrogens with zero attached hydrogens (tertiary/aromatic N) is 4. The molecule has 0 atom stereocenters. The van der Waals surface area contributed by atoms with Crippen LogP contribution in [0.5, 0.6) is 0 Å². The van der Waals surface area contributed by atoms with Crippen LogP contribution in [0, 0.1) is 0 Å². The van der Waals surface area contributed by atoms with Gasteiger partial charge in [0.25, 0.3) is 5.91 Å². The van der Waals surface area contributed by atoms with Crippen LogP contribution in [0.15, 0.2) is 12.3 Å². The third-order valence-corrected chi connectivity index (χ3v) is 5.15. The maximum absolute atomic E-state index is 12.8. The predicted molar refractivity (Wildman–Crippen MR) is 104 cm³/mol. The van der Waals surface area contributed by atoms with Gasteiger partial charge in [-0.05, 0) is 6.07 Å². The Hall–Kier alpha value is -1.54. The zero-order chi connectivity index (χ0) is 17.4. The summed E-state index contributed by atoms with van der Waals surface area (Å²) >= 11 is 12.1. The Kier molecular flexibility index (Phi) is 5.92. The quantitative estimate of drug-likeness (QED) is 0.783. The van der Waals surface area contributed by atoms with Gasteiger partial charge in [0.2, 0.25) is 0 Å². The molecule has 1 saturated heterocycles. The Morgan fingerprint density at radius 3 is 2.69 bits per heavy atom. The summed E-state index contributed by atoms with van der Waals surface area (Å²) in [5.41, 5.74) is 2.61. The number of piperazine rings is 1. The van der Waals surface area contributed by atoms with E-state index in [9.17, 15) is 4.79 Å². The Balaban J connectivity index is 0.00000196. The van der Waals surface area contributed by atoms with Gasteiger partial charge < -0.3 is 15.1 Å². The summed E-state index contributed by atoms with van der Waals surface area (Å²) in [5.74, 6) is 0.690. The lowest BCUT2D eigenvalue weighted by Crippen LogP contribution is -2.49. The summed E-state index contributed by atoms with van der Waals surface area (Å²) in [6.07, 6.45) is 2.47. The molecule has 26 heavy (non-hydrogen) atoms. The van der Waals surface area contributed by atoms with Crippen LogP contribution in [0.4, 0.5) is 5.82 Å². The van der Waals surface area contributed by atoms with E-state index >= 15 is 0 Å². The van der Waals surface area contributed by atoms with Crippen molar-refractivity contribution in [2.45, 2.75) is 13.0 Å². The molecule has 2 N–H and O–H groups in total. The van der Waals surface area contributed by atoms with Crippen LogP contribution in [0.2, 0.25) is 10.0 Å². The third kappa shape index (κ3) is 3.62. The molecule has 2 aliphatic heterocycles. The molecule has 0 spiro atoms. The predicted octanol–water partition coefficient (Wildman–Crippen LogP) is 2.14. The first-order valence-electron chi connectivity index (χ1n) is 8.25. The van der Waals surface area contributed by atoms with Gasteiger partial charge in [-0.2, -0.15) is 5.10 Å². The lowest BCUT2D eigenvalue weighted by molar-refractivity contribution is 0.0739. The maximum Gasteiger partial charge on any atom is 0.274 e. The smallest absolute Gasteiger partial charge is 0.274 e. The molecule has 0 bridgehead atoms. The van der Waals surface area contributed by atoms with Gasteiger partial charge in [0, 0.05) is 63.1 Å². The summed E-state index contributed by atoms with van der Waals surface area (Å²) < 4.78 is 0. The van der Waals surface area contributed by atoms with Crippen LogP contribution in [-0.2, 0) is 13.0 Å². The largest absolute Gasteiger partial charge is 0.352 e. The van der Waals surface area contributed by atoms with E-state index in [1.165, 1.54) is 0 Å². The number of hydrogen-bond donors (Lipinski definition) is 2. The zero-order valence-electron chi connectivity index (χ0n) is 14.0. The fraction of sp³-hybridized carbons (Fsp3) is 0.438. The molecule has 4 heterocycles. The Labute approximate surface area is 167 Å². The van der Waals surface area contributed by atoms with Crippen LogP contribution in [0.1, 0.15) is 21.7 Å². The lowest BCUT2D eigenvalue weighted by Gasteiger charge is -2.35. The van der Waals surface area contributed by atoms with E-state index in [0.717, 1.165) is 24.2 Å². The fourth-order valence-corrected chi connectivity index (χ4v) is 3.81. The Morgan fingerprint density at radius 2 is 1.96 bits per heavy atom. The van der Waals surface area contributed by atoms with E-state index in [1.807, 2.05) is 4.90 Å². The van der Waals surface area contributed by atoms with Crippen molar-refractivity contribution < 1.29 is 4.79 Å². The number of fused-ring (bicyclic) bond motifs is 1. The molecule has 1 fully saturated rings. The molecule has 10 heteroatoms. The highest BCUT2D eigenvalue weighted by atomic mass is 35.5. The van der Waals surface area contributed by atoms with Crippen molar-refractivity contribution in [3.05, 3.63) is 39.3 Å². The number of hydrogen-bond acceptors (Lipinski definition) is 5. The molecule has 4 rings (SSSR count). The summed E-state index contributed by atoms with van der Waals surface area (Å²) in [5, 5.41) is 11.6. The van der Waals surface area contributed by atoms with Crippen molar-refractivity contribution >= 4 is 47.3 Å². The number of amides is 1. The summed E-state index contributed by atoms with van der Waals surface area (Å²) in [6.45, 7) is 4.16. The zero-order valence-corrected chi connectivity index (χ0v) is 16.3. The molecule has 2 aromatic heterocycles. The molecule has 2 aliphatic rings. The molecule has 7 nitrogen and oxygen atoms in total. The van der Waals surface area contributed by atoms with Crippen LogP contribution >= 0.6 is 35.6 Å². The first-order chi connectivity index (χ1) is 12.1. The number of halogens is 3. The highest BCUT2D eigenvalue weighted by Crippen LogP contribution is 2.27. The SMILES string of the molecule is Cl.O=C(c1n[nH]c2c1CNCC2)N1CCN(c2ncc(Cl)cc2Cl)CC1. The second-order valence-corrected chi connectivity index (χ2v) is 7.04. The number of aromatic amines is 1. The average molecular weight is 418 g/mol. The van der Waals surface area contributed by atoms with Crippen LogP contribution in [0.3, 0.4) is 0 Å². The van der Waals surface area contributed by atoms with Crippen LogP contribution in [0.25, 0.3) is 0 Å². The van der Waals surface area contributed by atoms with Crippen LogP contribution in [-0.4, -0.2) is 58.7 Å². The Bertz CT molecular complexity index is 803. The second kappa shape index (κ2) is 8.00. The average Bonchev–Trinajstić information content (AvgIpc) is 3.05. The standard InChI is InChI=1S/C16H18Cl2N6O.ClH/c17-10-7-12(18)15(20-8-10)23-3-5-24(6-4-23)16(25)14-11-9-19-2-1-13(11)21-22-14;/h7-8,19H,1-6,9H2,(H,21,22);1H. The van der Waals surface area contributed by atoms with Gasteiger partial charge in [0.15, 0.2) is 5.69 Å². The van der Waals surface area contributed by atoms with Crippen molar-refractivity contribution in [2.24, 2.45) is 0 Å². The highest BCUT2D eigenvalue weighted by molar-refractivity contribution is 6.36. The van der Waals surface area contributed by atoms with Crippen molar-refractivity contribution in [1.82, 2.24) is 25.4 Å². The highest BCUT2D eigenvalue weighted by Gasteiger charge is 2.28. The minimum Gasteiger partial charge on any atom is -0.352 e. The molecule has 2 aromatic rings. The van der Waals surface area contributed by atoms with Crippen molar-refractivity contribution in [3.8, 4) is 0 Å². The number of carbonyl (C=O) groups is 1. The number of carbonyl (C=O) groups excluding carboxylic acids is 1. The lowest BCUT2D eigenvalue weighted by atomic mass is 10.1. The van der Waals surface area contributed by atoms with Crippen molar-refractivity contribution in [3.63, 3.8) is 0 Å². The number of rotatable bonds is 2. The normalized spacial score (nSPS) is 16.8. The number of nitrogens with one attached hydrogen (secondary N) is 2. The second-order valence-electron chi connectivity index (χ2n) is 6.19. The van der Waals surface area contributed by atoms with Crippen molar-refractivity contribution in [2.75, 3.05) is 37.6 Å². The van der Waals surface area contributed by atoms with E-state index in [1.54, 1.807) is 12.3 Å². The first kappa shape index (κ1) is 19.2. The van der Waals surface area contributed by atoms with E-state index < -0.39 is 0 Å². The molecule has 1 amide bonds. The minimum atomic E-state index is -0.0176. The maximum atomic E-state index is 12.8. The third-order valence-electron chi connectivity index (χ3n) is 4.66. The van der Waals surface area contributed by atoms with Gasteiger partial charge in [0.05, 0.1) is 10.0 Å². The summed E-state index contributed by atoms with van der Waals surface area (Å²) in [7, 11) is 0. The summed E-state index contributed by atoms with van der Waals surface area (Å²) in [4.78, 5) is 21.0. The molecule has 0 saturated carbocycles. The number of anilines is 1. The molecule has 0 unspecified atom stereocenters. The van der Waals surface area contributed by atoms with Gasteiger partial charge in [-0.25, -0.2) is 4.98 Å². The van der Waals surface area contributed by atoms with Gasteiger partial charge in [-0.3, -0.25) is 9.89 Å². The van der Waals surface area contributed by atoms with Gasteiger partial charge >= 0.3 is 0 Å². The van der Waals surface area contributed by atoms with Crippen LogP contribution < -0.4 is 10.2 Å². The molecule has 0 aromatic carbocycles. The molecule has 140 valence electrons. The molecule has 0 radical (unpaired) electrons. The molecular formula is C16H19Cl3N6O. The molecular weight excluding hydrogens is 399 g/mol. The fourth-order valence-electron chi connectivity index (χ4n) is 3.31. The van der Waals surface area contributed by atoms with E-state index in [-0.39, 0.29) is 18.3 Å².